The second kappa shape index (κ2) is 12.3. The van der Waals surface area contributed by atoms with Gasteiger partial charge >= 0.3 is 5.97 Å². The number of amides is 2. The van der Waals surface area contributed by atoms with E-state index >= 15 is 0 Å². The van der Waals surface area contributed by atoms with Crippen molar-refractivity contribution in [2.45, 2.75) is 69.7 Å². The maximum Gasteiger partial charge on any atom is 0.312 e. The number of hydrogen-bond donors (Lipinski definition) is 5. The van der Waals surface area contributed by atoms with E-state index in [1.54, 1.807) is 37.5 Å². The molecule has 204 valence electrons. The first-order valence-electron chi connectivity index (χ1n) is 12.6. The van der Waals surface area contributed by atoms with Crippen LogP contribution in [0.1, 0.15) is 31.5 Å². The molecule has 2 aliphatic rings. The molecule has 5 N–H and O–H groups in total. The lowest BCUT2D eigenvalue weighted by atomic mass is 9.92. The van der Waals surface area contributed by atoms with Crippen molar-refractivity contribution in [2.75, 3.05) is 6.61 Å². The zero-order valence-corrected chi connectivity index (χ0v) is 21.2. The van der Waals surface area contributed by atoms with E-state index < -0.39 is 60.1 Å². The van der Waals surface area contributed by atoms with Crippen molar-refractivity contribution in [3.8, 4) is 5.75 Å². The number of carbonyl (C=O) groups excluding carboxylic acids is 3. The molecule has 4 rings (SSSR count). The maximum atomic E-state index is 13.6. The van der Waals surface area contributed by atoms with Gasteiger partial charge in [0.15, 0.2) is 0 Å². The van der Waals surface area contributed by atoms with Crippen molar-refractivity contribution in [2.24, 2.45) is 5.92 Å². The summed E-state index contributed by atoms with van der Waals surface area (Å²) < 4.78 is 11.0. The van der Waals surface area contributed by atoms with Gasteiger partial charge in [-0.3, -0.25) is 29.7 Å². The molecule has 2 aliphatic heterocycles. The normalized spacial score (nSPS) is 30.6. The minimum Gasteiger partial charge on any atom is -0.506 e. The Bertz CT molecular complexity index is 1130. The topological polar surface area (TPSA) is 172 Å². The molecular formula is C26H33N5O7. The van der Waals surface area contributed by atoms with Gasteiger partial charge in [-0.2, -0.15) is 0 Å². The molecule has 12 heteroatoms. The number of nitrogens with one attached hydrogen (secondary N) is 3. The van der Waals surface area contributed by atoms with E-state index in [-0.39, 0.29) is 18.7 Å². The number of cyclic esters (lactones) is 1. The second-order valence-electron chi connectivity index (χ2n) is 9.64. The van der Waals surface area contributed by atoms with Gasteiger partial charge in [-0.05, 0) is 44.0 Å². The number of ether oxygens (including phenoxy) is 2. The summed E-state index contributed by atoms with van der Waals surface area (Å²) >= 11 is 0. The van der Waals surface area contributed by atoms with Gasteiger partial charge in [0, 0.05) is 38.2 Å². The number of rotatable bonds is 6. The van der Waals surface area contributed by atoms with Gasteiger partial charge in [0.05, 0.1) is 29.8 Å². The zero-order valence-electron chi connectivity index (χ0n) is 21.2. The second-order valence-corrected chi connectivity index (χ2v) is 9.64. The smallest absolute Gasteiger partial charge is 0.312 e. The minimum absolute atomic E-state index is 0.0291. The van der Waals surface area contributed by atoms with Gasteiger partial charge < -0.3 is 30.3 Å². The largest absolute Gasteiger partial charge is 0.506 e. The lowest BCUT2D eigenvalue weighted by molar-refractivity contribution is -0.184. The molecule has 2 aromatic rings. The summed E-state index contributed by atoms with van der Waals surface area (Å²) in [5.41, 5.74) is 1.06. The Morgan fingerprint density at radius 2 is 1.87 bits per heavy atom. The average molecular weight is 528 g/mol. The van der Waals surface area contributed by atoms with Gasteiger partial charge in [0.2, 0.25) is 12.0 Å². The van der Waals surface area contributed by atoms with Crippen LogP contribution in [0.15, 0.2) is 42.9 Å². The predicted octanol–water partition coefficient (Wildman–Crippen LogP) is -0.416. The number of aliphatic hydroxyl groups excluding tert-OH is 1. The third-order valence-electron chi connectivity index (χ3n) is 6.88. The van der Waals surface area contributed by atoms with Crippen molar-refractivity contribution in [1.82, 2.24) is 25.9 Å². The number of aromatic hydroxyl groups is 1. The highest BCUT2D eigenvalue weighted by Gasteiger charge is 2.42. The van der Waals surface area contributed by atoms with Crippen molar-refractivity contribution in [1.29, 1.82) is 0 Å². The Balaban J connectivity index is 1.63. The van der Waals surface area contributed by atoms with Gasteiger partial charge in [-0.1, -0.05) is 6.07 Å². The first-order valence-corrected chi connectivity index (χ1v) is 12.6. The van der Waals surface area contributed by atoms with Crippen LogP contribution in [0.2, 0.25) is 0 Å². The lowest BCUT2D eigenvalue weighted by Crippen LogP contribution is -2.62. The lowest BCUT2D eigenvalue weighted by Gasteiger charge is -2.37. The molecule has 2 saturated heterocycles. The molecule has 0 radical (unpaired) electrons. The molecule has 38 heavy (non-hydrogen) atoms. The fourth-order valence-corrected chi connectivity index (χ4v) is 4.47. The summed E-state index contributed by atoms with van der Waals surface area (Å²) in [6.45, 7) is 3.59. The van der Waals surface area contributed by atoms with Crippen molar-refractivity contribution in [3.63, 3.8) is 0 Å². The zero-order chi connectivity index (χ0) is 27.2. The molecule has 2 amide bonds. The number of hydrogen-bond acceptors (Lipinski definition) is 10. The van der Waals surface area contributed by atoms with Crippen LogP contribution in [0.3, 0.4) is 0 Å². The average Bonchev–Trinajstić information content (AvgIpc) is 2.87. The molecule has 7 atom stereocenters. The van der Waals surface area contributed by atoms with E-state index in [9.17, 15) is 24.6 Å². The van der Waals surface area contributed by atoms with Crippen LogP contribution in [-0.4, -0.2) is 81.0 Å². The standard InChI is InChI=1S/C26H33N5O7/c1-14-22(33)17(11-16-5-3-8-27-12-16)31-24(34)21(29-13-18-19(32)6-4-9-28-18)15(2)30-25(35)23(38-26(14)36)20-7-10-37-20/h3-6,8-9,12,14-15,17,20-23,29,32-33H,7,10-11,13H2,1-2H3,(H,30,35)(H,31,34)/t14-,15-,17+,20?,21+,22+,23?/m1/s1. The third-order valence-corrected chi connectivity index (χ3v) is 6.88. The first-order chi connectivity index (χ1) is 18.2. The van der Waals surface area contributed by atoms with E-state index in [0.717, 1.165) is 5.56 Å². The number of nitrogens with zero attached hydrogens (tertiary/aromatic N) is 2. The van der Waals surface area contributed by atoms with Crippen LogP contribution in [0.5, 0.6) is 5.75 Å². The molecular weight excluding hydrogens is 494 g/mol. The molecule has 2 fully saturated rings. The summed E-state index contributed by atoms with van der Waals surface area (Å²) in [6, 6.07) is 3.97. The van der Waals surface area contributed by atoms with E-state index in [1.165, 1.54) is 19.2 Å². The van der Waals surface area contributed by atoms with Crippen LogP contribution in [0.4, 0.5) is 0 Å². The third kappa shape index (κ3) is 6.44. The van der Waals surface area contributed by atoms with E-state index in [1.807, 2.05) is 0 Å². The Kier molecular flexibility index (Phi) is 8.87. The number of pyridine rings is 2. The van der Waals surface area contributed by atoms with Gasteiger partial charge in [-0.25, -0.2) is 0 Å². The Labute approximate surface area is 220 Å². The van der Waals surface area contributed by atoms with Crippen molar-refractivity contribution >= 4 is 17.8 Å². The van der Waals surface area contributed by atoms with Crippen LogP contribution < -0.4 is 16.0 Å². The Hall–Kier alpha value is -3.61. The molecule has 0 saturated carbocycles. The molecule has 0 bridgehead atoms. The van der Waals surface area contributed by atoms with Gasteiger partial charge in [0.1, 0.15) is 17.9 Å². The Morgan fingerprint density at radius 1 is 1.11 bits per heavy atom. The molecule has 4 heterocycles. The van der Waals surface area contributed by atoms with Crippen LogP contribution in [0, 0.1) is 5.92 Å². The molecule has 2 aromatic heterocycles. The highest BCUT2D eigenvalue weighted by molar-refractivity contribution is 5.88. The first kappa shape index (κ1) is 27.4. The molecule has 2 unspecified atom stereocenters. The van der Waals surface area contributed by atoms with E-state index in [0.29, 0.717) is 18.7 Å². The summed E-state index contributed by atoms with van der Waals surface area (Å²) in [5, 5.41) is 30.0. The van der Waals surface area contributed by atoms with Gasteiger partial charge in [-0.15, -0.1) is 0 Å². The summed E-state index contributed by atoms with van der Waals surface area (Å²) in [5.74, 6) is -2.99. The number of carbonyl (C=O) groups is 3. The molecule has 12 nitrogen and oxygen atoms in total. The Morgan fingerprint density at radius 3 is 2.53 bits per heavy atom. The quantitative estimate of drug-likeness (QED) is 0.311. The predicted molar refractivity (Wildman–Crippen MR) is 133 cm³/mol. The highest BCUT2D eigenvalue weighted by Crippen LogP contribution is 2.22. The summed E-state index contributed by atoms with van der Waals surface area (Å²) in [6.07, 6.45) is 2.30. The highest BCUT2D eigenvalue weighted by atomic mass is 16.6. The maximum absolute atomic E-state index is 13.6. The van der Waals surface area contributed by atoms with E-state index in [2.05, 4.69) is 25.9 Å². The SMILES string of the molecule is C[C@H]1NC(=O)C(C2CCO2)OC(=O)[C@H](C)[C@H](O)[C@H](Cc2cccnc2)NC(=O)[C@H]1NCc1ncccc1O. The minimum atomic E-state index is -1.33. The summed E-state index contributed by atoms with van der Waals surface area (Å²) in [7, 11) is 0. The molecule has 0 aromatic carbocycles. The number of aliphatic hydroxyl groups is 1. The fraction of sp³-hybridized carbons (Fsp3) is 0.500. The molecule has 0 spiro atoms. The molecule has 0 aliphatic carbocycles. The van der Waals surface area contributed by atoms with E-state index in [4.69, 9.17) is 9.47 Å². The summed E-state index contributed by atoms with van der Waals surface area (Å²) in [4.78, 5) is 47.9. The van der Waals surface area contributed by atoms with Crippen LogP contribution in [-0.2, 0) is 36.8 Å². The van der Waals surface area contributed by atoms with Crippen molar-refractivity contribution < 1.29 is 34.1 Å². The van der Waals surface area contributed by atoms with Gasteiger partial charge in [0.25, 0.3) is 5.91 Å². The monoisotopic (exact) mass is 527 g/mol. The van der Waals surface area contributed by atoms with Crippen LogP contribution >= 0.6 is 0 Å². The van der Waals surface area contributed by atoms with Crippen LogP contribution in [0.25, 0.3) is 0 Å². The number of esters is 1. The fourth-order valence-electron chi connectivity index (χ4n) is 4.47. The number of aromatic nitrogens is 2. The van der Waals surface area contributed by atoms with Crippen molar-refractivity contribution in [3.05, 3.63) is 54.1 Å².